The molecule has 2 heteroatoms. The lowest BCUT2D eigenvalue weighted by Crippen LogP contribution is -1.93. The van der Waals surface area contributed by atoms with Crippen LogP contribution in [0.15, 0.2) is 24.3 Å². The Hall–Kier alpha value is -0.760. The Morgan fingerprint density at radius 1 is 1.25 bits per heavy atom. The number of thioether (sulfide) groups is 1. The van der Waals surface area contributed by atoms with Crippen LogP contribution in [-0.4, -0.2) is 11.5 Å². The maximum Gasteiger partial charge on any atom is 0.130 e. The van der Waals surface area contributed by atoms with Crippen molar-refractivity contribution in [2.75, 3.05) is 5.75 Å². The molecule has 1 rings (SSSR count). The average molecular weight is 236 g/mol. The zero-order valence-electron chi connectivity index (χ0n) is 10.3. The largest absolute Gasteiger partial charge is 0.300 e. The Kier molecular flexibility index (Phi) is 5.61. The predicted molar refractivity (Wildman–Crippen MR) is 72.0 cm³/mol. The number of carbonyl (C=O) groups excluding carboxylic acids is 1. The summed E-state index contributed by atoms with van der Waals surface area (Å²) in [4.78, 5) is 10.8. The van der Waals surface area contributed by atoms with E-state index in [-0.39, 0.29) is 5.78 Å². The molecule has 0 amide bonds. The van der Waals surface area contributed by atoms with E-state index in [0.717, 1.165) is 11.5 Å². The molecule has 1 nitrogen and oxygen atoms in total. The molecule has 0 atom stereocenters. The number of hydrogen-bond donors (Lipinski definition) is 0. The third-order valence-corrected chi connectivity index (χ3v) is 3.54. The van der Waals surface area contributed by atoms with Gasteiger partial charge in [-0.25, -0.2) is 0 Å². The maximum atomic E-state index is 10.8. The number of Topliss-reactive ketones (excluding diaryl/α,β-unsaturated/α-hetero) is 1. The van der Waals surface area contributed by atoms with Crippen LogP contribution in [0.1, 0.15) is 44.2 Å². The van der Waals surface area contributed by atoms with E-state index in [1.54, 1.807) is 6.92 Å². The van der Waals surface area contributed by atoms with Gasteiger partial charge in [0.15, 0.2) is 0 Å². The Labute approximate surface area is 103 Å². The lowest BCUT2D eigenvalue weighted by Gasteiger charge is -2.06. The van der Waals surface area contributed by atoms with Gasteiger partial charge in [0.1, 0.15) is 5.78 Å². The topological polar surface area (TPSA) is 17.1 Å². The van der Waals surface area contributed by atoms with Gasteiger partial charge in [-0.1, -0.05) is 38.1 Å². The lowest BCUT2D eigenvalue weighted by molar-refractivity contribution is -0.116. The van der Waals surface area contributed by atoms with Gasteiger partial charge in [0.2, 0.25) is 0 Å². The van der Waals surface area contributed by atoms with E-state index in [0.29, 0.717) is 12.3 Å². The second kappa shape index (κ2) is 6.74. The summed E-state index contributed by atoms with van der Waals surface area (Å²) in [6.45, 7) is 6.06. The van der Waals surface area contributed by atoms with Crippen LogP contribution in [0.3, 0.4) is 0 Å². The van der Waals surface area contributed by atoms with Crippen molar-refractivity contribution in [1.82, 2.24) is 0 Å². The van der Waals surface area contributed by atoms with E-state index in [1.807, 2.05) is 11.8 Å². The summed E-state index contributed by atoms with van der Waals surface area (Å²) in [6.07, 6.45) is 0.689. The van der Waals surface area contributed by atoms with Crippen molar-refractivity contribution in [3.8, 4) is 0 Å². The molecule has 0 aliphatic rings. The molecule has 0 saturated heterocycles. The summed E-state index contributed by atoms with van der Waals surface area (Å²) < 4.78 is 0. The van der Waals surface area contributed by atoms with Gasteiger partial charge in [-0.2, -0.15) is 11.8 Å². The molecule has 1 aromatic rings. The van der Waals surface area contributed by atoms with Crippen molar-refractivity contribution in [1.29, 1.82) is 0 Å². The normalized spacial score (nSPS) is 10.8. The Morgan fingerprint density at radius 2 is 1.88 bits per heavy atom. The fourth-order valence-electron chi connectivity index (χ4n) is 1.40. The van der Waals surface area contributed by atoms with Gasteiger partial charge in [-0.05, 0) is 24.0 Å². The van der Waals surface area contributed by atoms with Gasteiger partial charge in [0.05, 0.1) is 0 Å². The highest BCUT2D eigenvalue weighted by Crippen LogP contribution is 2.18. The fourth-order valence-corrected chi connectivity index (χ4v) is 2.41. The molecule has 0 aromatic heterocycles. The van der Waals surface area contributed by atoms with Crippen LogP contribution in [0.5, 0.6) is 0 Å². The molecular formula is C14H20OS. The average Bonchev–Trinajstić information content (AvgIpc) is 2.25. The third kappa shape index (κ3) is 4.84. The fraction of sp³-hybridized carbons (Fsp3) is 0.500. The van der Waals surface area contributed by atoms with Crippen molar-refractivity contribution in [3.63, 3.8) is 0 Å². The summed E-state index contributed by atoms with van der Waals surface area (Å²) >= 11 is 1.83. The molecule has 0 aliphatic carbocycles. The first kappa shape index (κ1) is 13.3. The molecule has 0 aliphatic heterocycles. The SMILES string of the molecule is CC(=O)CCSCc1ccc(C(C)C)cc1. The minimum Gasteiger partial charge on any atom is -0.300 e. The Balaban J connectivity index is 2.35. The quantitative estimate of drug-likeness (QED) is 0.694. The van der Waals surface area contributed by atoms with E-state index >= 15 is 0 Å². The number of benzene rings is 1. The van der Waals surface area contributed by atoms with E-state index in [9.17, 15) is 4.79 Å². The van der Waals surface area contributed by atoms with Crippen LogP contribution in [-0.2, 0) is 10.5 Å². The molecule has 0 spiro atoms. The number of rotatable bonds is 6. The monoisotopic (exact) mass is 236 g/mol. The zero-order valence-corrected chi connectivity index (χ0v) is 11.1. The van der Waals surface area contributed by atoms with Crippen LogP contribution in [0.25, 0.3) is 0 Å². The number of hydrogen-bond acceptors (Lipinski definition) is 2. The highest BCUT2D eigenvalue weighted by atomic mass is 32.2. The van der Waals surface area contributed by atoms with Crippen LogP contribution in [0.4, 0.5) is 0 Å². The third-order valence-electron chi connectivity index (χ3n) is 2.51. The van der Waals surface area contributed by atoms with Gasteiger partial charge in [0, 0.05) is 17.9 Å². The first-order valence-corrected chi connectivity index (χ1v) is 6.91. The van der Waals surface area contributed by atoms with Crippen LogP contribution in [0, 0.1) is 0 Å². The van der Waals surface area contributed by atoms with Crippen molar-refractivity contribution in [2.24, 2.45) is 0 Å². The molecule has 0 fully saturated rings. The summed E-state index contributed by atoms with van der Waals surface area (Å²) in [5.41, 5.74) is 2.73. The highest BCUT2D eigenvalue weighted by Gasteiger charge is 1.99. The van der Waals surface area contributed by atoms with Gasteiger partial charge < -0.3 is 0 Å². The van der Waals surface area contributed by atoms with Crippen molar-refractivity contribution in [3.05, 3.63) is 35.4 Å². The van der Waals surface area contributed by atoms with Gasteiger partial charge in [-0.15, -0.1) is 0 Å². The Morgan fingerprint density at radius 3 is 2.38 bits per heavy atom. The van der Waals surface area contributed by atoms with Gasteiger partial charge >= 0.3 is 0 Å². The molecule has 0 bridgehead atoms. The molecule has 16 heavy (non-hydrogen) atoms. The zero-order chi connectivity index (χ0) is 12.0. The number of ketones is 1. The lowest BCUT2D eigenvalue weighted by atomic mass is 10.0. The second-order valence-electron chi connectivity index (χ2n) is 4.40. The van der Waals surface area contributed by atoms with Gasteiger partial charge in [0.25, 0.3) is 0 Å². The van der Waals surface area contributed by atoms with Crippen LogP contribution >= 0.6 is 11.8 Å². The molecule has 0 N–H and O–H groups in total. The molecule has 88 valence electrons. The van der Waals surface area contributed by atoms with Crippen LogP contribution in [0.2, 0.25) is 0 Å². The minimum absolute atomic E-state index is 0.280. The summed E-state index contributed by atoms with van der Waals surface area (Å²) in [5.74, 6) is 2.81. The second-order valence-corrected chi connectivity index (χ2v) is 5.51. The summed E-state index contributed by atoms with van der Waals surface area (Å²) in [6, 6.07) is 8.78. The van der Waals surface area contributed by atoms with E-state index in [4.69, 9.17) is 0 Å². The first-order chi connectivity index (χ1) is 7.59. The van der Waals surface area contributed by atoms with E-state index < -0.39 is 0 Å². The smallest absolute Gasteiger partial charge is 0.130 e. The van der Waals surface area contributed by atoms with Crippen LogP contribution < -0.4 is 0 Å². The van der Waals surface area contributed by atoms with E-state index in [2.05, 4.69) is 38.1 Å². The van der Waals surface area contributed by atoms with Crippen molar-refractivity contribution >= 4 is 17.5 Å². The molecule has 1 aromatic carbocycles. The van der Waals surface area contributed by atoms with Crippen molar-refractivity contribution in [2.45, 2.75) is 38.9 Å². The molecule has 0 unspecified atom stereocenters. The predicted octanol–water partition coefficient (Wildman–Crippen LogP) is 4.02. The molecule has 0 heterocycles. The van der Waals surface area contributed by atoms with Crippen molar-refractivity contribution < 1.29 is 4.79 Å². The highest BCUT2D eigenvalue weighted by molar-refractivity contribution is 7.98. The Bertz CT molecular complexity index is 327. The van der Waals surface area contributed by atoms with Gasteiger partial charge in [-0.3, -0.25) is 4.79 Å². The minimum atomic E-state index is 0.280. The molecule has 0 radical (unpaired) electrons. The van der Waals surface area contributed by atoms with E-state index in [1.165, 1.54) is 11.1 Å². The molecular weight excluding hydrogens is 216 g/mol. The molecule has 0 saturated carbocycles. The summed E-state index contributed by atoms with van der Waals surface area (Å²) in [5, 5.41) is 0. The maximum absolute atomic E-state index is 10.8. The first-order valence-electron chi connectivity index (χ1n) is 5.75. The number of carbonyl (C=O) groups is 1. The standard InChI is InChI=1S/C14H20OS/c1-11(2)14-6-4-13(5-7-14)10-16-9-8-12(3)15/h4-7,11H,8-10H2,1-3H3. The summed E-state index contributed by atoms with van der Waals surface area (Å²) in [7, 11) is 0.